The van der Waals surface area contributed by atoms with Gasteiger partial charge in [-0.15, -0.1) is 0 Å². The number of carbonyl (C=O) groups is 2. The lowest BCUT2D eigenvalue weighted by atomic mass is 10.0. The SMILES string of the molecule is CC(=O)NC(CC(=O)NCC(c1ccco1)N1CCCCC1)c1ccccc1. The molecule has 2 unspecified atom stereocenters. The van der Waals surface area contributed by atoms with Gasteiger partial charge in [0.15, 0.2) is 0 Å². The maximum absolute atomic E-state index is 12.7. The van der Waals surface area contributed by atoms with E-state index >= 15 is 0 Å². The minimum atomic E-state index is -0.337. The van der Waals surface area contributed by atoms with Crippen LogP contribution in [0.25, 0.3) is 0 Å². The van der Waals surface area contributed by atoms with Gasteiger partial charge < -0.3 is 15.1 Å². The Balaban J connectivity index is 1.62. The molecule has 150 valence electrons. The molecule has 0 aliphatic carbocycles. The summed E-state index contributed by atoms with van der Waals surface area (Å²) < 4.78 is 5.63. The Hall–Kier alpha value is -2.60. The monoisotopic (exact) mass is 383 g/mol. The third-order valence-electron chi connectivity index (χ3n) is 5.16. The lowest BCUT2D eigenvalue weighted by Crippen LogP contribution is -2.41. The van der Waals surface area contributed by atoms with Crippen LogP contribution in [-0.2, 0) is 9.59 Å². The minimum Gasteiger partial charge on any atom is -0.468 e. The summed E-state index contributed by atoms with van der Waals surface area (Å²) >= 11 is 0. The molecule has 6 heteroatoms. The fraction of sp³-hybridized carbons (Fsp3) is 0.455. The summed E-state index contributed by atoms with van der Waals surface area (Å²) in [5, 5.41) is 5.93. The molecular formula is C22H29N3O3. The molecular weight excluding hydrogens is 354 g/mol. The Bertz CT molecular complexity index is 740. The maximum atomic E-state index is 12.7. The van der Waals surface area contributed by atoms with E-state index in [1.165, 1.54) is 26.2 Å². The molecule has 1 aromatic heterocycles. The summed E-state index contributed by atoms with van der Waals surface area (Å²) in [6.45, 7) is 3.99. The van der Waals surface area contributed by atoms with Gasteiger partial charge in [-0.2, -0.15) is 0 Å². The molecule has 1 aliphatic rings. The molecule has 2 aromatic rings. The number of rotatable bonds is 8. The van der Waals surface area contributed by atoms with Gasteiger partial charge in [0.25, 0.3) is 0 Å². The van der Waals surface area contributed by atoms with Crippen molar-refractivity contribution in [3.63, 3.8) is 0 Å². The lowest BCUT2D eigenvalue weighted by Gasteiger charge is -2.33. The number of nitrogens with zero attached hydrogens (tertiary/aromatic N) is 1. The van der Waals surface area contributed by atoms with Gasteiger partial charge in [0.1, 0.15) is 5.76 Å². The van der Waals surface area contributed by atoms with Gasteiger partial charge in [0.2, 0.25) is 11.8 Å². The molecule has 28 heavy (non-hydrogen) atoms. The van der Waals surface area contributed by atoms with Gasteiger partial charge in [-0.1, -0.05) is 36.8 Å². The van der Waals surface area contributed by atoms with Gasteiger partial charge >= 0.3 is 0 Å². The van der Waals surface area contributed by atoms with Gasteiger partial charge in [-0.05, 0) is 43.6 Å². The summed E-state index contributed by atoms with van der Waals surface area (Å²) in [6, 6.07) is 13.1. The second-order valence-electron chi connectivity index (χ2n) is 7.30. The molecule has 3 rings (SSSR count). The van der Waals surface area contributed by atoms with E-state index in [1.807, 2.05) is 42.5 Å². The summed E-state index contributed by atoms with van der Waals surface area (Å²) in [5.41, 5.74) is 0.923. The van der Waals surface area contributed by atoms with Crippen LogP contribution in [0.15, 0.2) is 53.1 Å². The van der Waals surface area contributed by atoms with Crippen LogP contribution >= 0.6 is 0 Å². The summed E-state index contributed by atoms with van der Waals surface area (Å²) in [4.78, 5) is 26.6. The van der Waals surface area contributed by atoms with Crippen molar-refractivity contribution in [3.05, 3.63) is 60.1 Å². The van der Waals surface area contributed by atoms with Crippen molar-refractivity contribution in [2.45, 2.75) is 44.7 Å². The van der Waals surface area contributed by atoms with Crippen LogP contribution in [0.4, 0.5) is 0 Å². The number of hydrogen-bond acceptors (Lipinski definition) is 4. The molecule has 1 saturated heterocycles. The van der Waals surface area contributed by atoms with Crippen molar-refractivity contribution in [1.82, 2.24) is 15.5 Å². The first-order valence-corrected chi connectivity index (χ1v) is 9.99. The van der Waals surface area contributed by atoms with E-state index < -0.39 is 0 Å². The zero-order valence-electron chi connectivity index (χ0n) is 16.4. The van der Waals surface area contributed by atoms with E-state index in [0.717, 1.165) is 24.4 Å². The van der Waals surface area contributed by atoms with Crippen molar-refractivity contribution in [3.8, 4) is 0 Å². The van der Waals surface area contributed by atoms with Crippen LogP contribution in [0.2, 0.25) is 0 Å². The van der Waals surface area contributed by atoms with E-state index in [1.54, 1.807) is 6.26 Å². The average Bonchev–Trinajstić information content (AvgIpc) is 3.23. The van der Waals surface area contributed by atoms with Gasteiger partial charge in [0, 0.05) is 13.5 Å². The van der Waals surface area contributed by atoms with Crippen LogP contribution in [0.3, 0.4) is 0 Å². The number of nitrogens with one attached hydrogen (secondary N) is 2. The number of furan rings is 1. The Morgan fingerprint density at radius 3 is 2.46 bits per heavy atom. The predicted molar refractivity (Wildman–Crippen MR) is 107 cm³/mol. The number of hydrogen-bond donors (Lipinski definition) is 2. The first-order valence-electron chi connectivity index (χ1n) is 9.99. The molecule has 0 spiro atoms. The Labute approximate surface area is 166 Å². The molecule has 1 fully saturated rings. The smallest absolute Gasteiger partial charge is 0.222 e. The molecule has 6 nitrogen and oxygen atoms in total. The molecule has 0 saturated carbocycles. The first kappa shape index (κ1) is 20.1. The van der Waals surface area contributed by atoms with Crippen LogP contribution in [0.5, 0.6) is 0 Å². The van der Waals surface area contributed by atoms with Crippen molar-refractivity contribution < 1.29 is 14.0 Å². The predicted octanol–water partition coefficient (Wildman–Crippen LogP) is 3.19. The van der Waals surface area contributed by atoms with Crippen LogP contribution in [0, 0.1) is 0 Å². The Morgan fingerprint density at radius 1 is 1.07 bits per heavy atom. The van der Waals surface area contributed by atoms with E-state index in [0.29, 0.717) is 6.54 Å². The normalized spacial score (nSPS) is 16.9. The molecule has 2 atom stereocenters. The topological polar surface area (TPSA) is 74.6 Å². The molecule has 0 bridgehead atoms. The van der Waals surface area contributed by atoms with Gasteiger partial charge in [-0.25, -0.2) is 0 Å². The Kier molecular flexibility index (Phi) is 7.25. The number of likely N-dealkylation sites (tertiary alicyclic amines) is 1. The highest BCUT2D eigenvalue weighted by molar-refractivity contribution is 5.79. The molecule has 1 aromatic carbocycles. The summed E-state index contributed by atoms with van der Waals surface area (Å²) in [7, 11) is 0. The van der Waals surface area contributed by atoms with E-state index in [4.69, 9.17) is 4.42 Å². The number of piperidine rings is 1. The molecule has 1 aliphatic heterocycles. The van der Waals surface area contributed by atoms with Crippen LogP contribution in [0.1, 0.15) is 56.0 Å². The van der Waals surface area contributed by atoms with Gasteiger partial charge in [0.05, 0.1) is 24.8 Å². The van der Waals surface area contributed by atoms with Gasteiger partial charge in [-0.3, -0.25) is 14.5 Å². The Morgan fingerprint density at radius 2 is 1.82 bits per heavy atom. The average molecular weight is 383 g/mol. The highest BCUT2D eigenvalue weighted by Crippen LogP contribution is 2.25. The number of amides is 2. The standard InChI is InChI=1S/C22H29N3O3/c1-17(26)24-19(18-9-4-2-5-10-18)15-22(27)23-16-20(21-11-8-14-28-21)25-12-6-3-7-13-25/h2,4-5,8-11,14,19-20H,3,6-7,12-13,15-16H2,1H3,(H,23,27)(H,24,26). The molecule has 0 radical (unpaired) electrons. The maximum Gasteiger partial charge on any atom is 0.222 e. The second-order valence-corrected chi connectivity index (χ2v) is 7.30. The van der Waals surface area contributed by atoms with Crippen molar-refractivity contribution in [2.24, 2.45) is 0 Å². The zero-order valence-corrected chi connectivity index (χ0v) is 16.4. The summed E-state index contributed by atoms with van der Waals surface area (Å²) in [5.74, 6) is 0.642. The van der Waals surface area contributed by atoms with Crippen molar-refractivity contribution >= 4 is 11.8 Å². The highest BCUT2D eigenvalue weighted by Gasteiger charge is 2.25. The third kappa shape index (κ3) is 5.70. The number of benzene rings is 1. The van der Waals surface area contributed by atoms with Crippen molar-refractivity contribution in [2.75, 3.05) is 19.6 Å². The zero-order chi connectivity index (χ0) is 19.8. The highest BCUT2D eigenvalue weighted by atomic mass is 16.3. The first-order chi connectivity index (χ1) is 13.6. The van der Waals surface area contributed by atoms with Crippen LogP contribution < -0.4 is 10.6 Å². The second kappa shape index (κ2) is 10.1. The van der Waals surface area contributed by atoms with Crippen molar-refractivity contribution in [1.29, 1.82) is 0 Å². The molecule has 2 amide bonds. The fourth-order valence-electron chi connectivity index (χ4n) is 3.77. The van der Waals surface area contributed by atoms with Crippen LogP contribution in [-0.4, -0.2) is 36.3 Å². The summed E-state index contributed by atoms with van der Waals surface area (Å²) in [6.07, 6.45) is 5.47. The largest absolute Gasteiger partial charge is 0.468 e. The van der Waals surface area contributed by atoms with E-state index in [9.17, 15) is 9.59 Å². The van der Waals surface area contributed by atoms with E-state index in [2.05, 4.69) is 15.5 Å². The minimum absolute atomic E-state index is 0.0372. The van der Waals surface area contributed by atoms with E-state index in [-0.39, 0.29) is 30.3 Å². The number of carbonyl (C=O) groups excluding carboxylic acids is 2. The molecule has 2 heterocycles. The molecule has 2 N–H and O–H groups in total. The third-order valence-corrected chi connectivity index (χ3v) is 5.16. The quantitative estimate of drug-likeness (QED) is 0.734. The lowest BCUT2D eigenvalue weighted by molar-refractivity contribution is -0.123. The fourth-order valence-corrected chi connectivity index (χ4v) is 3.77.